The van der Waals surface area contributed by atoms with Gasteiger partial charge in [0.05, 0.1) is 25.7 Å². The molecule has 3 aliphatic heterocycles. The number of likely N-dealkylation sites (tertiary alicyclic amines) is 1. The van der Waals surface area contributed by atoms with E-state index in [1.54, 1.807) is 0 Å². The fraction of sp³-hybridized carbons (Fsp3) is 0.444. The summed E-state index contributed by atoms with van der Waals surface area (Å²) in [5.74, 6) is -0.870. The minimum Gasteiger partial charge on any atom is -0.486 e. The third-order valence-electron chi connectivity index (χ3n) is 9.31. The minimum absolute atomic E-state index is 0.0703. The number of carbonyl (C=O) groups excluding carboxylic acids is 1. The van der Waals surface area contributed by atoms with Gasteiger partial charge in [0.25, 0.3) is 0 Å². The lowest BCUT2D eigenvalue weighted by Gasteiger charge is -2.30. The van der Waals surface area contributed by atoms with Crippen molar-refractivity contribution in [1.29, 1.82) is 0 Å². The fourth-order valence-electron chi connectivity index (χ4n) is 7.15. The van der Waals surface area contributed by atoms with Crippen molar-refractivity contribution in [3.63, 3.8) is 0 Å². The Morgan fingerprint density at radius 3 is 2.16 bits per heavy atom. The Hall–Kier alpha value is -4.08. The zero-order chi connectivity index (χ0) is 31.5. The second kappa shape index (κ2) is 13.5. The Kier molecular flexibility index (Phi) is 9.28. The molecule has 0 radical (unpaired) electrons. The van der Waals surface area contributed by atoms with Crippen LogP contribution >= 0.6 is 0 Å². The van der Waals surface area contributed by atoms with Gasteiger partial charge in [-0.15, -0.1) is 0 Å². The van der Waals surface area contributed by atoms with Crippen molar-refractivity contribution in [3.8, 4) is 11.5 Å². The Morgan fingerprint density at radius 1 is 0.867 bits per heavy atom. The minimum atomic E-state index is -0.889. The number of amides is 1. The first kappa shape index (κ1) is 30.9. The van der Waals surface area contributed by atoms with Crippen LogP contribution in [-0.4, -0.2) is 74.5 Å². The summed E-state index contributed by atoms with van der Waals surface area (Å²) in [5.41, 5.74) is 7.09. The van der Waals surface area contributed by atoms with Crippen LogP contribution in [0.15, 0.2) is 54.6 Å². The number of aryl methyl sites for hydroxylation is 3. The summed E-state index contributed by atoms with van der Waals surface area (Å²) in [4.78, 5) is 31.2. The molecule has 3 aromatic rings. The number of carbonyl (C=O) groups is 2. The Bertz CT molecular complexity index is 1510. The van der Waals surface area contributed by atoms with E-state index in [9.17, 15) is 14.7 Å². The second-order valence-electron chi connectivity index (χ2n) is 12.2. The highest BCUT2D eigenvalue weighted by Crippen LogP contribution is 2.47. The number of benzene rings is 3. The highest BCUT2D eigenvalue weighted by atomic mass is 16.6. The molecule has 3 atom stereocenters. The molecular weight excluding hydrogens is 570 g/mol. The van der Waals surface area contributed by atoms with E-state index in [0.29, 0.717) is 44.5 Å². The van der Waals surface area contributed by atoms with Crippen LogP contribution in [0.4, 0.5) is 11.4 Å². The van der Waals surface area contributed by atoms with Crippen LogP contribution in [0.5, 0.6) is 11.5 Å². The predicted molar refractivity (Wildman–Crippen MR) is 174 cm³/mol. The number of anilines is 2. The third kappa shape index (κ3) is 6.51. The molecule has 238 valence electrons. The van der Waals surface area contributed by atoms with E-state index in [2.05, 4.69) is 55.3 Å². The Labute approximate surface area is 265 Å². The van der Waals surface area contributed by atoms with E-state index < -0.39 is 17.9 Å². The van der Waals surface area contributed by atoms with E-state index in [-0.39, 0.29) is 18.4 Å². The maximum atomic E-state index is 13.8. The van der Waals surface area contributed by atoms with Gasteiger partial charge in [0.15, 0.2) is 11.5 Å². The van der Waals surface area contributed by atoms with Crippen LogP contribution < -0.4 is 19.7 Å². The fourth-order valence-corrected chi connectivity index (χ4v) is 7.15. The molecule has 3 aromatic carbocycles. The number of morpholine rings is 1. The van der Waals surface area contributed by atoms with Gasteiger partial charge in [-0.05, 0) is 66.3 Å². The van der Waals surface area contributed by atoms with Gasteiger partial charge >= 0.3 is 5.97 Å². The van der Waals surface area contributed by atoms with Gasteiger partial charge in [-0.1, -0.05) is 49.7 Å². The zero-order valence-electron chi connectivity index (χ0n) is 26.4. The number of carboxylic acids is 1. The van der Waals surface area contributed by atoms with Gasteiger partial charge in [0.1, 0.15) is 13.2 Å². The Balaban J connectivity index is 1.33. The molecule has 45 heavy (non-hydrogen) atoms. The van der Waals surface area contributed by atoms with Crippen LogP contribution in [-0.2, 0) is 27.2 Å². The van der Waals surface area contributed by atoms with Gasteiger partial charge in [0, 0.05) is 43.0 Å². The van der Waals surface area contributed by atoms with Gasteiger partial charge in [0.2, 0.25) is 5.91 Å². The van der Waals surface area contributed by atoms with Crippen LogP contribution in [0.2, 0.25) is 0 Å². The molecule has 0 saturated carbocycles. The number of ether oxygens (including phenoxy) is 3. The lowest BCUT2D eigenvalue weighted by molar-refractivity contribution is -0.143. The second-order valence-corrected chi connectivity index (χ2v) is 12.2. The van der Waals surface area contributed by atoms with E-state index in [4.69, 9.17) is 14.2 Å². The molecular formula is C36H43N3O6. The molecule has 0 spiro atoms. The third-order valence-corrected chi connectivity index (χ3v) is 9.31. The molecule has 6 rings (SSSR count). The van der Waals surface area contributed by atoms with E-state index in [1.807, 2.05) is 35.2 Å². The van der Waals surface area contributed by atoms with Gasteiger partial charge < -0.3 is 29.5 Å². The molecule has 0 aromatic heterocycles. The summed E-state index contributed by atoms with van der Waals surface area (Å²) < 4.78 is 17.1. The van der Waals surface area contributed by atoms with Gasteiger partial charge in [-0.25, -0.2) is 0 Å². The number of nitrogens with zero attached hydrogens (tertiary/aromatic N) is 2. The van der Waals surface area contributed by atoms with Gasteiger partial charge in [-0.2, -0.15) is 0 Å². The highest BCUT2D eigenvalue weighted by molar-refractivity contribution is 5.94. The lowest BCUT2D eigenvalue weighted by Crippen LogP contribution is -2.36. The monoisotopic (exact) mass is 613 g/mol. The van der Waals surface area contributed by atoms with E-state index in [1.165, 1.54) is 5.56 Å². The lowest BCUT2D eigenvalue weighted by atomic mass is 9.82. The summed E-state index contributed by atoms with van der Waals surface area (Å²) in [6, 6.07) is 17.6. The summed E-state index contributed by atoms with van der Waals surface area (Å²) >= 11 is 0. The average molecular weight is 614 g/mol. The van der Waals surface area contributed by atoms with Crippen molar-refractivity contribution in [3.05, 3.63) is 82.4 Å². The molecule has 2 N–H and O–H groups in total. The number of hydrogen-bond acceptors (Lipinski definition) is 7. The number of aliphatic carboxylic acids is 1. The molecule has 2 saturated heterocycles. The maximum absolute atomic E-state index is 13.8. The quantitative estimate of drug-likeness (QED) is 0.340. The molecule has 0 bridgehead atoms. The predicted octanol–water partition coefficient (Wildman–Crippen LogP) is 5.21. The molecule has 9 heteroatoms. The largest absolute Gasteiger partial charge is 0.486 e. The number of fused-ring (bicyclic) bond motifs is 1. The molecule has 3 aliphatic rings. The molecule has 0 aliphatic carbocycles. The average Bonchev–Trinajstić information content (AvgIpc) is 3.44. The normalized spacial score (nSPS) is 21.5. The van der Waals surface area contributed by atoms with Gasteiger partial charge in [-0.3, -0.25) is 14.5 Å². The van der Waals surface area contributed by atoms with Crippen molar-refractivity contribution in [2.24, 2.45) is 5.92 Å². The molecule has 3 heterocycles. The smallest absolute Gasteiger partial charge is 0.309 e. The Morgan fingerprint density at radius 2 is 1.51 bits per heavy atom. The highest BCUT2D eigenvalue weighted by Gasteiger charge is 2.48. The van der Waals surface area contributed by atoms with Crippen molar-refractivity contribution in [2.45, 2.75) is 45.6 Å². The van der Waals surface area contributed by atoms with Crippen molar-refractivity contribution in [2.75, 3.05) is 62.8 Å². The van der Waals surface area contributed by atoms with Crippen LogP contribution in [0.1, 0.15) is 53.6 Å². The molecule has 9 nitrogen and oxygen atoms in total. The summed E-state index contributed by atoms with van der Waals surface area (Å²) in [6.45, 7) is 10.7. The van der Waals surface area contributed by atoms with E-state index >= 15 is 0 Å². The first-order valence-corrected chi connectivity index (χ1v) is 16.1. The number of nitrogens with one attached hydrogen (secondary N) is 1. The molecule has 1 amide bonds. The SMILES string of the molecule is CCc1cc(C)cc(CC)c1NC(=O)CN1C[C@H](c2ccc3c(c2)OCCO3)C(C(=O)O)[C@@H]1c1ccc(N2CCOCC2)cc1. The number of hydrogen-bond donors (Lipinski definition) is 2. The standard InChI is InChI=1S/C36H43N3O6/c1-4-24-18-23(3)19-25(5-2)34(24)37-32(40)22-39-21-29(27-8-11-30-31(20-27)45-17-16-44-30)33(36(41)42)35(39)26-6-9-28(10-7-26)38-12-14-43-15-13-38/h6-11,18-20,29,33,35H,4-5,12-17,21-22H2,1-3H3,(H,37,40)(H,41,42)/t29-,33?,35+/m1/s1. The number of rotatable bonds is 9. The first-order valence-electron chi connectivity index (χ1n) is 16.1. The molecule has 1 unspecified atom stereocenters. The maximum Gasteiger partial charge on any atom is 0.309 e. The number of carboxylic acid groups (broad SMARTS) is 1. The van der Waals surface area contributed by atoms with Crippen molar-refractivity contribution >= 4 is 23.3 Å². The van der Waals surface area contributed by atoms with Crippen LogP contribution in [0.3, 0.4) is 0 Å². The summed E-state index contributed by atoms with van der Waals surface area (Å²) in [5, 5.41) is 13.9. The van der Waals surface area contributed by atoms with Crippen LogP contribution in [0, 0.1) is 12.8 Å². The van der Waals surface area contributed by atoms with Crippen molar-refractivity contribution in [1.82, 2.24) is 4.90 Å². The zero-order valence-corrected chi connectivity index (χ0v) is 26.4. The summed E-state index contributed by atoms with van der Waals surface area (Å²) in [7, 11) is 0. The van der Waals surface area contributed by atoms with Crippen molar-refractivity contribution < 1.29 is 28.9 Å². The first-order chi connectivity index (χ1) is 21.9. The topological polar surface area (TPSA) is 101 Å². The van der Waals surface area contributed by atoms with E-state index in [0.717, 1.165) is 59.6 Å². The molecule has 2 fully saturated rings. The summed E-state index contributed by atoms with van der Waals surface area (Å²) in [6.07, 6.45) is 1.61. The van der Waals surface area contributed by atoms with Crippen LogP contribution in [0.25, 0.3) is 0 Å².